The molecule has 5 heteroatoms. The molecule has 2 aromatic rings. The van der Waals surface area contributed by atoms with Gasteiger partial charge in [-0.1, -0.05) is 24.3 Å². The first-order valence-corrected chi connectivity index (χ1v) is 5.35. The number of nitrogens with two attached hydrogens (primary N) is 1. The second-order valence-electron chi connectivity index (χ2n) is 3.82. The zero-order valence-electron chi connectivity index (χ0n) is 9.43. The summed E-state index contributed by atoms with van der Waals surface area (Å²) < 4.78 is 2.02. The maximum absolute atomic E-state index is 7.07. The fourth-order valence-corrected chi connectivity index (χ4v) is 1.55. The minimum atomic E-state index is -0.00695. The number of rotatable bonds is 4. The topological polar surface area (TPSA) is 79.7 Å². The van der Waals surface area contributed by atoms with E-state index >= 15 is 0 Å². The minimum absolute atomic E-state index is 0.00695. The van der Waals surface area contributed by atoms with Crippen molar-refractivity contribution in [1.82, 2.24) is 14.9 Å². The average molecular weight is 229 g/mol. The van der Waals surface area contributed by atoms with Crippen molar-refractivity contribution in [2.24, 2.45) is 5.73 Å². The van der Waals surface area contributed by atoms with Crippen LogP contribution in [0.4, 0.5) is 0 Å². The third-order valence-corrected chi connectivity index (χ3v) is 2.43. The van der Waals surface area contributed by atoms with Gasteiger partial charge in [-0.25, -0.2) is 4.98 Å². The number of hydrogen-bond acceptors (Lipinski definition) is 2. The third kappa shape index (κ3) is 3.34. The van der Waals surface area contributed by atoms with Gasteiger partial charge in [0.25, 0.3) is 0 Å². The van der Waals surface area contributed by atoms with Gasteiger partial charge in [-0.2, -0.15) is 0 Å². The fraction of sp³-hybridized carbons (Fsp3) is 0.167. The molecule has 0 unspecified atom stereocenters. The van der Waals surface area contributed by atoms with E-state index in [1.807, 2.05) is 22.9 Å². The van der Waals surface area contributed by atoms with Crippen LogP contribution in [-0.4, -0.2) is 15.5 Å². The molecule has 0 atom stereocenters. The normalized spacial score (nSPS) is 10.1. The van der Waals surface area contributed by atoms with E-state index in [-0.39, 0.29) is 5.96 Å². The molecule has 0 bridgehead atoms. The molecule has 2 rings (SSSR count). The number of imidazole rings is 1. The number of nitrogens with one attached hydrogen (secondary N) is 2. The highest BCUT2D eigenvalue weighted by atomic mass is 15.0. The van der Waals surface area contributed by atoms with Crippen LogP contribution in [0.1, 0.15) is 11.1 Å². The Kier molecular flexibility index (Phi) is 3.40. The van der Waals surface area contributed by atoms with E-state index in [9.17, 15) is 0 Å². The van der Waals surface area contributed by atoms with E-state index in [2.05, 4.69) is 22.4 Å². The van der Waals surface area contributed by atoms with Gasteiger partial charge in [0.15, 0.2) is 5.96 Å². The highest BCUT2D eigenvalue weighted by molar-refractivity contribution is 5.74. The summed E-state index contributed by atoms with van der Waals surface area (Å²) in [7, 11) is 0. The summed E-state index contributed by atoms with van der Waals surface area (Å²) in [6.07, 6.45) is 5.50. The second kappa shape index (κ2) is 5.16. The first-order chi connectivity index (χ1) is 8.24. The highest BCUT2D eigenvalue weighted by Gasteiger charge is 1.96. The van der Waals surface area contributed by atoms with Crippen LogP contribution in [0, 0.1) is 5.41 Å². The molecule has 0 fully saturated rings. The van der Waals surface area contributed by atoms with Gasteiger partial charge < -0.3 is 15.6 Å². The van der Waals surface area contributed by atoms with Crippen LogP contribution in [0.3, 0.4) is 0 Å². The van der Waals surface area contributed by atoms with Crippen LogP contribution < -0.4 is 11.1 Å². The number of nitrogens with zero attached hydrogens (tertiary/aromatic N) is 2. The summed E-state index contributed by atoms with van der Waals surface area (Å²) in [5, 5.41) is 9.85. The maximum Gasteiger partial charge on any atom is 0.185 e. The van der Waals surface area contributed by atoms with Crippen LogP contribution in [-0.2, 0) is 13.1 Å². The Morgan fingerprint density at radius 2 is 2.00 bits per heavy atom. The predicted octanol–water partition coefficient (Wildman–Crippen LogP) is 0.914. The Labute approximate surface area is 99.8 Å². The Morgan fingerprint density at radius 3 is 2.59 bits per heavy atom. The molecule has 0 saturated heterocycles. The van der Waals surface area contributed by atoms with E-state index in [1.165, 1.54) is 5.56 Å². The highest BCUT2D eigenvalue weighted by Crippen LogP contribution is 2.06. The molecule has 1 heterocycles. The van der Waals surface area contributed by atoms with Crippen LogP contribution >= 0.6 is 0 Å². The summed E-state index contributed by atoms with van der Waals surface area (Å²) in [6, 6.07) is 8.19. The molecule has 0 radical (unpaired) electrons. The van der Waals surface area contributed by atoms with Crippen LogP contribution in [0.15, 0.2) is 43.0 Å². The molecule has 17 heavy (non-hydrogen) atoms. The number of aromatic nitrogens is 2. The molecule has 5 nitrogen and oxygen atoms in total. The first kappa shape index (κ1) is 11.2. The lowest BCUT2D eigenvalue weighted by Crippen LogP contribution is -2.29. The summed E-state index contributed by atoms with van der Waals surface area (Å²) >= 11 is 0. The molecule has 0 saturated carbocycles. The van der Waals surface area contributed by atoms with E-state index in [0.717, 1.165) is 12.1 Å². The summed E-state index contributed by atoms with van der Waals surface area (Å²) in [4.78, 5) is 4.00. The van der Waals surface area contributed by atoms with Gasteiger partial charge in [-0.3, -0.25) is 5.41 Å². The Morgan fingerprint density at radius 1 is 1.29 bits per heavy atom. The lowest BCUT2D eigenvalue weighted by Gasteiger charge is -2.06. The average Bonchev–Trinajstić information content (AvgIpc) is 2.81. The van der Waals surface area contributed by atoms with E-state index in [0.29, 0.717) is 6.54 Å². The van der Waals surface area contributed by atoms with Gasteiger partial charge in [0.05, 0.1) is 6.33 Å². The molecule has 1 aromatic carbocycles. The molecule has 0 spiro atoms. The molecular formula is C12H15N5. The molecule has 0 aliphatic rings. The largest absolute Gasteiger partial charge is 0.370 e. The van der Waals surface area contributed by atoms with E-state index in [4.69, 9.17) is 11.1 Å². The Hall–Kier alpha value is -2.30. The Balaban J connectivity index is 1.95. The van der Waals surface area contributed by atoms with Crippen molar-refractivity contribution >= 4 is 5.96 Å². The van der Waals surface area contributed by atoms with Crippen LogP contribution in [0.5, 0.6) is 0 Å². The van der Waals surface area contributed by atoms with Crippen molar-refractivity contribution < 1.29 is 0 Å². The van der Waals surface area contributed by atoms with Gasteiger partial charge in [0, 0.05) is 25.5 Å². The van der Waals surface area contributed by atoms with Crippen molar-refractivity contribution in [3.8, 4) is 0 Å². The quantitative estimate of drug-likeness (QED) is 0.538. The van der Waals surface area contributed by atoms with Gasteiger partial charge in [0.2, 0.25) is 0 Å². The maximum atomic E-state index is 7.07. The van der Waals surface area contributed by atoms with Crippen molar-refractivity contribution in [3.05, 3.63) is 54.1 Å². The molecule has 0 amide bonds. The van der Waals surface area contributed by atoms with Gasteiger partial charge in [-0.15, -0.1) is 0 Å². The summed E-state index contributed by atoms with van der Waals surface area (Å²) in [5.74, 6) is -0.00695. The standard InChI is InChI=1S/C12H15N5/c13-12(14)16-7-10-1-3-11(4-2-10)8-17-6-5-15-9-17/h1-6,9H,7-8H2,(H4,13,14,16). The first-order valence-electron chi connectivity index (χ1n) is 5.35. The van der Waals surface area contributed by atoms with Gasteiger partial charge in [-0.05, 0) is 11.1 Å². The van der Waals surface area contributed by atoms with E-state index in [1.54, 1.807) is 12.5 Å². The monoisotopic (exact) mass is 229 g/mol. The van der Waals surface area contributed by atoms with Gasteiger partial charge >= 0.3 is 0 Å². The van der Waals surface area contributed by atoms with Crippen LogP contribution in [0.2, 0.25) is 0 Å². The second-order valence-corrected chi connectivity index (χ2v) is 3.82. The number of benzene rings is 1. The van der Waals surface area contributed by atoms with Crippen LogP contribution in [0.25, 0.3) is 0 Å². The van der Waals surface area contributed by atoms with Crippen molar-refractivity contribution in [2.75, 3.05) is 0 Å². The lowest BCUT2D eigenvalue weighted by atomic mass is 10.1. The molecule has 4 N–H and O–H groups in total. The predicted molar refractivity (Wildman–Crippen MR) is 66.5 cm³/mol. The molecule has 0 aliphatic heterocycles. The number of guanidine groups is 1. The molecule has 0 aliphatic carbocycles. The van der Waals surface area contributed by atoms with Gasteiger partial charge in [0.1, 0.15) is 0 Å². The van der Waals surface area contributed by atoms with E-state index < -0.39 is 0 Å². The third-order valence-electron chi connectivity index (χ3n) is 2.43. The SMILES string of the molecule is N=C(N)NCc1ccc(Cn2ccnc2)cc1. The number of hydrogen-bond donors (Lipinski definition) is 3. The van der Waals surface area contributed by atoms with Crippen molar-refractivity contribution in [2.45, 2.75) is 13.1 Å². The fourth-order valence-electron chi connectivity index (χ4n) is 1.55. The Bertz CT molecular complexity index is 472. The molecule has 88 valence electrons. The van der Waals surface area contributed by atoms with Crippen molar-refractivity contribution in [3.63, 3.8) is 0 Å². The molecular weight excluding hydrogens is 214 g/mol. The smallest absolute Gasteiger partial charge is 0.185 e. The van der Waals surface area contributed by atoms with Crippen molar-refractivity contribution in [1.29, 1.82) is 5.41 Å². The zero-order valence-corrected chi connectivity index (χ0v) is 9.43. The minimum Gasteiger partial charge on any atom is -0.370 e. The zero-order chi connectivity index (χ0) is 12.1. The summed E-state index contributed by atoms with van der Waals surface area (Å²) in [5.41, 5.74) is 7.55. The lowest BCUT2D eigenvalue weighted by molar-refractivity contribution is 0.795. The summed E-state index contributed by atoms with van der Waals surface area (Å²) in [6.45, 7) is 1.40. The molecule has 1 aromatic heterocycles.